The van der Waals surface area contributed by atoms with Gasteiger partial charge in [-0.25, -0.2) is 0 Å². The maximum absolute atomic E-state index is 12.9. The van der Waals surface area contributed by atoms with Crippen LogP contribution in [0.3, 0.4) is 0 Å². The van der Waals surface area contributed by atoms with E-state index in [0.29, 0.717) is 17.1 Å². The SMILES string of the molecule is NC1C(=O)N(c2cccc(C(F)(F)F)c2)C1c1ccc2c(c1)OCO2. The van der Waals surface area contributed by atoms with Crippen molar-refractivity contribution in [1.29, 1.82) is 0 Å². The van der Waals surface area contributed by atoms with Gasteiger partial charge in [0.2, 0.25) is 12.7 Å². The van der Waals surface area contributed by atoms with Crippen LogP contribution < -0.4 is 20.1 Å². The largest absolute Gasteiger partial charge is 0.454 e. The third-order valence-corrected chi connectivity index (χ3v) is 4.33. The van der Waals surface area contributed by atoms with Crippen molar-refractivity contribution in [1.82, 2.24) is 0 Å². The van der Waals surface area contributed by atoms with Crippen molar-refractivity contribution in [3.05, 3.63) is 53.6 Å². The lowest BCUT2D eigenvalue weighted by atomic mass is 9.88. The van der Waals surface area contributed by atoms with Crippen molar-refractivity contribution in [3.8, 4) is 11.5 Å². The number of carbonyl (C=O) groups is 1. The molecule has 0 aromatic heterocycles. The quantitative estimate of drug-likeness (QED) is 0.846. The topological polar surface area (TPSA) is 64.8 Å². The number of nitrogens with zero attached hydrogens (tertiary/aromatic N) is 1. The number of nitrogens with two attached hydrogens (primary N) is 1. The van der Waals surface area contributed by atoms with Crippen LogP contribution in [-0.4, -0.2) is 18.7 Å². The van der Waals surface area contributed by atoms with Gasteiger partial charge in [-0.1, -0.05) is 12.1 Å². The molecule has 130 valence electrons. The van der Waals surface area contributed by atoms with Crippen molar-refractivity contribution in [2.75, 3.05) is 11.7 Å². The van der Waals surface area contributed by atoms with E-state index in [2.05, 4.69) is 0 Å². The number of hydrogen-bond donors (Lipinski definition) is 1. The predicted molar refractivity (Wildman–Crippen MR) is 82.2 cm³/mol. The number of ether oxygens (including phenoxy) is 2. The first-order chi connectivity index (χ1) is 11.9. The molecule has 0 aliphatic carbocycles. The minimum absolute atomic E-state index is 0.103. The van der Waals surface area contributed by atoms with E-state index in [9.17, 15) is 18.0 Å². The van der Waals surface area contributed by atoms with Crippen LogP contribution in [0.2, 0.25) is 0 Å². The summed E-state index contributed by atoms with van der Waals surface area (Å²) in [6.07, 6.45) is -4.49. The monoisotopic (exact) mass is 350 g/mol. The summed E-state index contributed by atoms with van der Waals surface area (Å²) < 4.78 is 49.4. The van der Waals surface area contributed by atoms with E-state index in [0.717, 1.165) is 12.1 Å². The highest BCUT2D eigenvalue weighted by atomic mass is 19.4. The van der Waals surface area contributed by atoms with Gasteiger partial charge < -0.3 is 20.1 Å². The minimum atomic E-state index is -4.49. The number of anilines is 1. The summed E-state index contributed by atoms with van der Waals surface area (Å²) in [7, 11) is 0. The van der Waals surface area contributed by atoms with Crippen molar-refractivity contribution < 1.29 is 27.4 Å². The predicted octanol–water partition coefficient (Wildman–Crippen LogP) is 2.85. The van der Waals surface area contributed by atoms with Crippen molar-refractivity contribution in [2.24, 2.45) is 5.73 Å². The fourth-order valence-electron chi connectivity index (χ4n) is 3.08. The molecule has 2 aliphatic heterocycles. The van der Waals surface area contributed by atoms with Crippen molar-refractivity contribution >= 4 is 11.6 Å². The molecule has 2 N–H and O–H groups in total. The Balaban J connectivity index is 1.71. The van der Waals surface area contributed by atoms with Gasteiger partial charge in [-0.15, -0.1) is 0 Å². The molecule has 1 amide bonds. The van der Waals surface area contributed by atoms with Crippen LogP contribution in [0.1, 0.15) is 17.2 Å². The van der Waals surface area contributed by atoms with E-state index in [1.54, 1.807) is 18.2 Å². The molecule has 2 heterocycles. The molecule has 5 nitrogen and oxygen atoms in total. The molecular formula is C17H13F3N2O3. The third kappa shape index (κ3) is 2.49. The Bertz CT molecular complexity index is 853. The Morgan fingerprint density at radius 2 is 1.84 bits per heavy atom. The van der Waals surface area contributed by atoms with Crippen LogP contribution in [-0.2, 0) is 11.0 Å². The molecule has 0 radical (unpaired) electrons. The van der Waals surface area contributed by atoms with Gasteiger partial charge in [-0.05, 0) is 35.9 Å². The fraction of sp³-hybridized carbons (Fsp3) is 0.235. The summed E-state index contributed by atoms with van der Waals surface area (Å²) in [5.41, 5.74) is 5.92. The molecule has 1 fully saturated rings. The summed E-state index contributed by atoms with van der Waals surface area (Å²) in [4.78, 5) is 13.5. The molecular weight excluding hydrogens is 337 g/mol. The van der Waals surface area contributed by atoms with Gasteiger partial charge in [0.25, 0.3) is 0 Å². The first-order valence-electron chi connectivity index (χ1n) is 7.52. The highest BCUT2D eigenvalue weighted by molar-refractivity contribution is 6.05. The Morgan fingerprint density at radius 1 is 1.08 bits per heavy atom. The zero-order valence-corrected chi connectivity index (χ0v) is 12.8. The number of alkyl halides is 3. The smallest absolute Gasteiger partial charge is 0.416 e. The molecule has 2 aliphatic rings. The zero-order chi connectivity index (χ0) is 17.8. The molecule has 25 heavy (non-hydrogen) atoms. The van der Waals surface area contributed by atoms with E-state index in [1.807, 2.05) is 0 Å². The van der Waals surface area contributed by atoms with Gasteiger partial charge in [-0.2, -0.15) is 13.2 Å². The van der Waals surface area contributed by atoms with Crippen LogP contribution in [0.4, 0.5) is 18.9 Å². The van der Waals surface area contributed by atoms with Crippen LogP contribution in [0, 0.1) is 0 Å². The number of fused-ring (bicyclic) bond motifs is 1. The van der Waals surface area contributed by atoms with Crippen LogP contribution in [0.25, 0.3) is 0 Å². The second-order valence-corrected chi connectivity index (χ2v) is 5.84. The second-order valence-electron chi connectivity index (χ2n) is 5.84. The van der Waals surface area contributed by atoms with Crippen LogP contribution in [0.5, 0.6) is 11.5 Å². The van der Waals surface area contributed by atoms with Gasteiger partial charge in [0.1, 0.15) is 6.04 Å². The van der Waals surface area contributed by atoms with Crippen molar-refractivity contribution in [3.63, 3.8) is 0 Å². The van der Waals surface area contributed by atoms with E-state index in [1.165, 1.54) is 17.0 Å². The normalized spacial score (nSPS) is 22.1. The van der Waals surface area contributed by atoms with Gasteiger partial charge in [-0.3, -0.25) is 4.79 Å². The molecule has 2 aromatic carbocycles. The maximum Gasteiger partial charge on any atom is 0.416 e. The minimum Gasteiger partial charge on any atom is -0.454 e. The van der Waals surface area contributed by atoms with Gasteiger partial charge >= 0.3 is 6.18 Å². The lowest BCUT2D eigenvalue weighted by molar-refractivity contribution is -0.137. The zero-order valence-electron chi connectivity index (χ0n) is 12.8. The molecule has 0 spiro atoms. The molecule has 8 heteroatoms. The Morgan fingerprint density at radius 3 is 2.60 bits per heavy atom. The Hall–Kier alpha value is -2.74. The fourth-order valence-corrected chi connectivity index (χ4v) is 3.08. The number of benzene rings is 2. The van der Waals surface area contributed by atoms with E-state index >= 15 is 0 Å². The highest BCUT2D eigenvalue weighted by Gasteiger charge is 2.47. The first kappa shape index (κ1) is 15.8. The standard InChI is InChI=1S/C17H13F3N2O3/c18-17(19,20)10-2-1-3-11(7-10)22-15(14(21)16(22)23)9-4-5-12-13(6-9)25-8-24-12/h1-7,14-15H,8,21H2. The summed E-state index contributed by atoms with van der Waals surface area (Å²) >= 11 is 0. The third-order valence-electron chi connectivity index (χ3n) is 4.33. The lowest BCUT2D eigenvalue weighted by Crippen LogP contribution is -2.63. The van der Waals surface area contributed by atoms with E-state index < -0.39 is 29.7 Å². The summed E-state index contributed by atoms with van der Waals surface area (Å²) in [5.74, 6) is 0.670. The number of hydrogen-bond acceptors (Lipinski definition) is 4. The molecule has 4 rings (SSSR count). The lowest BCUT2D eigenvalue weighted by Gasteiger charge is -2.45. The van der Waals surface area contributed by atoms with Gasteiger partial charge in [0, 0.05) is 5.69 Å². The average Bonchev–Trinajstić information content (AvgIpc) is 3.05. The summed E-state index contributed by atoms with van der Waals surface area (Å²) in [6, 6.07) is 8.36. The van der Waals surface area contributed by atoms with Crippen LogP contribution in [0.15, 0.2) is 42.5 Å². The number of halogens is 3. The average molecular weight is 350 g/mol. The Kier molecular flexibility index (Phi) is 3.40. The number of rotatable bonds is 2. The van der Waals surface area contributed by atoms with Crippen LogP contribution >= 0.6 is 0 Å². The summed E-state index contributed by atoms with van der Waals surface area (Å²) in [5, 5.41) is 0. The molecule has 2 unspecified atom stereocenters. The molecule has 0 bridgehead atoms. The molecule has 2 atom stereocenters. The highest BCUT2D eigenvalue weighted by Crippen LogP contribution is 2.43. The molecule has 2 aromatic rings. The van der Waals surface area contributed by atoms with Gasteiger partial charge in [0.15, 0.2) is 11.5 Å². The van der Waals surface area contributed by atoms with E-state index in [-0.39, 0.29) is 12.5 Å². The van der Waals surface area contributed by atoms with Crippen molar-refractivity contribution in [2.45, 2.75) is 18.3 Å². The second kappa shape index (κ2) is 5.38. The van der Waals surface area contributed by atoms with Gasteiger partial charge in [0.05, 0.1) is 11.6 Å². The first-order valence-corrected chi connectivity index (χ1v) is 7.52. The molecule has 1 saturated heterocycles. The maximum atomic E-state index is 12.9. The number of carbonyl (C=O) groups excluding carboxylic acids is 1. The Labute approximate surface area is 140 Å². The van der Waals surface area contributed by atoms with E-state index in [4.69, 9.17) is 15.2 Å². The number of amides is 1. The summed E-state index contributed by atoms with van der Waals surface area (Å²) in [6.45, 7) is 0.103. The number of β-lactam (4-membered cyclic amide) rings is 1. The molecule has 0 saturated carbocycles.